The fraction of sp³-hybridized carbons (Fsp3) is 0. The van der Waals surface area contributed by atoms with Crippen LogP contribution in [-0.4, -0.2) is 10.9 Å². The van der Waals surface area contributed by atoms with Crippen molar-refractivity contribution < 1.29 is 19.2 Å². The molecule has 7 nitrogen and oxygen atoms in total. The fourth-order valence-electron chi connectivity index (χ4n) is 1.41. The second-order valence-corrected chi connectivity index (χ2v) is 4.11. The summed E-state index contributed by atoms with van der Waals surface area (Å²) in [6.07, 6.45) is 2.30. The Morgan fingerprint density at radius 1 is 1.25 bits per heavy atom. The van der Waals surface area contributed by atoms with Crippen molar-refractivity contribution in [3.63, 3.8) is 0 Å². The molecule has 0 unspecified atom stereocenters. The Morgan fingerprint density at radius 3 is 2.45 bits per heavy atom. The Hall–Kier alpha value is -2.67. The molecule has 0 spiro atoms. The Morgan fingerprint density at radius 2 is 1.90 bits per heavy atom. The highest BCUT2D eigenvalue weighted by molar-refractivity contribution is 6.32. The molecule has 1 aromatic carbocycles. The maximum absolute atomic E-state index is 11.7. The van der Waals surface area contributed by atoms with Crippen molar-refractivity contribution >= 4 is 23.3 Å². The normalized spacial score (nSPS) is 10.1. The van der Waals surface area contributed by atoms with E-state index in [1.807, 2.05) is 0 Å². The van der Waals surface area contributed by atoms with Crippen molar-refractivity contribution in [2.45, 2.75) is 0 Å². The lowest BCUT2D eigenvalue weighted by Crippen LogP contribution is -2.24. The van der Waals surface area contributed by atoms with Gasteiger partial charge in [0.1, 0.15) is 10.8 Å². The summed E-state index contributed by atoms with van der Waals surface area (Å²) in [5.74, 6) is -0.625. The first kappa shape index (κ1) is 13.8. The van der Waals surface area contributed by atoms with E-state index in [0.29, 0.717) is 4.73 Å². The van der Waals surface area contributed by atoms with Gasteiger partial charge in [-0.1, -0.05) is 11.6 Å². The molecule has 0 atom stereocenters. The van der Waals surface area contributed by atoms with Gasteiger partial charge in [0.15, 0.2) is 12.4 Å². The van der Waals surface area contributed by atoms with Gasteiger partial charge >= 0.3 is 5.97 Å². The molecule has 0 saturated heterocycles. The molecule has 0 saturated carbocycles. The molecule has 8 heteroatoms. The zero-order valence-electron chi connectivity index (χ0n) is 9.86. The van der Waals surface area contributed by atoms with E-state index >= 15 is 0 Å². The van der Waals surface area contributed by atoms with Crippen LogP contribution < -0.4 is 9.47 Å². The Balaban J connectivity index is 2.18. The maximum atomic E-state index is 11.7. The average Bonchev–Trinajstić information content (AvgIpc) is 2.39. The summed E-state index contributed by atoms with van der Waals surface area (Å²) in [6, 6.07) is 6.17. The van der Waals surface area contributed by atoms with Crippen LogP contribution in [-0.2, 0) is 0 Å². The molecule has 2 rings (SSSR count). The number of carbonyl (C=O) groups excluding carboxylic acids is 1. The molecule has 2 aromatic rings. The van der Waals surface area contributed by atoms with Crippen LogP contribution in [0.25, 0.3) is 0 Å². The third-order valence-electron chi connectivity index (χ3n) is 2.36. The number of esters is 1. The van der Waals surface area contributed by atoms with Crippen molar-refractivity contribution in [3.05, 3.63) is 68.6 Å². The lowest BCUT2D eigenvalue weighted by Gasteiger charge is -2.04. The summed E-state index contributed by atoms with van der Waals surface area (Å²) in [6.45, 7) is 0. The average molecular weight is 295 g/mol. The van der Waals surface area contributed by atoms with Crippen molar-refractivity contribution in [2.75, 3.05) is 0 Å². The Labute approximate surface area is 117 Å². The summed E-state index contributed by atoms with van der Waals surface area (Å²) in [7, 11) is 0. The quantitative estimate of drug-likeness (QED) is 0.216. The molecule has 102 valence electrons. The molecule has 0 aliphatic heterocycles. The van der Waals surface area contributed by atoms with Crippen LogP contribution in [0, 0.1) is 15.3 Å². The number of aromatic nitrogens is 1. The van der Waals surface area contributed by atoms with Gasteiger partial charge in [0.25, 0.3) is 5.69 Å². The minimum atomic E-state index is -0.699. The topological polar surface area (TPSA) is 96.4 Å². The zero-order chi connectivity index (χ0) is 14.7. The fourth-order valence-corrected chi connectivity index (χ4v) is 1.65. The van der Waals surface area contributed by atoms with E-state index in [1.165, 1.54) is 24.3 Å². The lowest BCUT2D eigenvalue weighted by atomic mass is 10.2. The molecular weight excluding hydrogens is 288 g/mol. The third-order valence-corrected chi connectivity index (χ3v) is 2.67. The summed E-state index contributed by atoms with van der Waals surface area (Å²) < 4.78 is 5.53. The predicted molar refractivity (Wildman–Crippen MR) is 68.5 cm³/mol. The van der Waals surface area contributed by atoms with Crippen molar-refractivity contribution in [3.8, 4) is 5.75 Å². The van der Waals surface area contributed by atoms with Gasteiger partial charge in [-0.2, -0.15) is 4.73 Å². The van der Waals surface area contributed by atoms with Gasteiger partial charge in [0.2, 0.25) is 0 Å². The zero-order valence-corrected chi connectivity index (χ0v) is 10.6. The molecule has 0 fully saturated rings. The van der Waals surface area contributed by atoms with Gasteiger partial charge in [0.05, 0.1) is 10.5 Å². The van der Waals surface area contributed by atoms with Crippen molar-refractivity contribution in [1.29, 1.82) is 0 Å². The SMILES string of the molecule is O=C(Oc1ccc([N+](=O)[O-])c(Cl)c1)c1cc[n+]([O-])cc1. The van der Waals surface area contributed by atoms with Crippen LogP contribution >= 0.6 is 11.6 Å². The van der Waals surface area contributed by atoms with Crippen LogP contribution in [0.1, 0.15) is 10.4 Å². The number of rotatable bonds is 3. The first-order valence-corrected chi connectivity index (χ1v) is 5.70. The largest absolute Gasteiger partial charge is 0.619 e. The molecule has 0 N–H and O–H groups in total. The number of hydrogen-bond acceptors (Lipinski definition) is 5. The van der Waals surface area contributed by atoms with Crippen molar-refractivity contribution in [1.82, 2.24) is 0 Å². The maximum Gasteiger partial charge on any atom is 0.343 e. The van der Waals surface area contributed by atoms with Crippen LogP contribution in [0.2, 0.25) is 5.02 Å². The first-order valence-electron chi connectivity index (χ1n) is 5.32. The first-order chi connectivity index (χ1) is 9.47. The summed E-state index contributed by atoms with van der Waals surface area (Å²) in [4.78, 5) is 21.7. The van der Waals surface area contributed by atoms with Crippen molar-refractivity contribution in [2.24, 2.45) is 0 Å². The molecule has 0 aliphatic carbocycles. The molecule has 1 heterocycles. The molecule has 0 bridgehead atoms. The molecule has 0 amide bonds. The highest BCUT2D eigenvalue weighted by Crippen LogP contribution is 2.28. The van der Waals surface area contributed by atoms with E-state index in [-0.39, 0.29) is 22.0 Å². The van der Waals surface area contributed by atoms with Gasteiger partial charge in [-0.25, -0.2) is 4.79 Å². The van der Waals surface area contributed by atoms with Gasteiger partial charge in [-0.15, -0.1) is 0 Å². The molecule has 0 aliphatic rings. The monoisotopic (exact) mass is 294 g/mol. The molecule has 20 heavy (non-hydrogen) atoms. The Bertz CT molecular complexity index is 672. The summed E-state index contributed by atoms with van der Waals surface area (Å²) in [5, 5.41) is 21.3. The minimum absolute atomic E-state index is 0.0736. The number of ether oxygens (including phenoxy) is 1. The number of carbonyl (C=O) groups is 1. The van der Waals surface area contributed by atoms with E-state index in [0.717, 1.165) is 18.5 Å². The minimum Gasteiger partial charge on any atom is -0.619 e. The summed E-state index contributed by atoms with van der Waals surface area (Å²) in [5.41, 5.74) is -0.106. The predicted octanol–water partition coefficient (Wildman–Crippen LogP) is 2.10. The van der Waals surface area contributed by atoms with E-state index in [4.69, 9.17) is 16.3 Å². The van der Waals surface area contributed by atoms with Crippen LogP contribution in [0.3, 0.4) is 0 Å². The van der Waals surface area contributed by atoms with Crippen LogP contribution in [0.5, 0.6) is 5.75 Å². The second-order valence-electron chi connectivity index (χ2n) is 3.71. The Kier molecular flexibility index (Phi) is 3.81. The van der Waals surface area contributed by atoms with Gasteiger partial charge in [-0.05, 0) is 6.07 Å². The van der Waals surface area contributed by atoms with E-state index in [9.17, 15) is 20.1 Å². The van der Waals surface area contributed by atoms with Gasteiger partial charge in [-0.3, -0.25) is 10.1 Å². The van der Waals surface area contributed by atoms with Crippen LogP contribution in [0.4, 0.5) is 5.69 Å². The highest BCUT2D eigenvalue weighted by atomic mass is 35.5. The van der Waals surface area contributed by atoms with Gasteiger partial charge < -0.3 is 9.94 Å². The van der Waals surface area contributed by atoms with E-state index in [1.54, 1.807) is 0 Å². The lowest BCUT2D eigenvalue weighted by molar-refractivity contribution is -0.605. The molecule has 1 aromatic heterocycles. The van der Waals surface area contributed by atoms with Gasteiger partial charge in [0, 0.05) is 24.3 Å². The number of halogens is 1. The molecule has 0 radical (unpaired) electrons. The smallest absolute Gasteiger partial charge is 0.343 e. The standard InChI is InChI=1S/C12H7ClN2O5/c13-10-7-9(1-2-11(10)15(18)19)20-12(16)8-3-5-14(17)6-4-8/h1-7H. The number of hydrogen-bond donors (Lipinski definition) is 0. The second kappa shape index (κ2) is 5.54. The van der Waals surface area contributed by atoms with E-state index in [2.05, 4.69) is 0 Å². The molecular formula is C12H7ClN2O5. The third kappa shape index (κ3) is 3.01. The number of benzene rings is 1. The number of nitrogens with zero attached hydrogens (tertiary/aromatic N) is 2. The number of nitro benzene ring substituents is 1. The van der Waals surface area contributed by atoms with Crippen LogP contribution in [0.15, 0.2) is 42.7 Å². The number of pyridine rings is 1. The number of nitro groups is 1. The van der Waals surface area contributed by atoms with E-state index < -0.39 is 10.9 Å². The summed E-state index contributed by atoms with van der Waals surface area (Å²) >= 11 is 5.70. The highest BCUT2D eigenvalue weighted by Gasteiger charge is 2.15.